The number of nitrogens with zero attached hydrogens (tertiary/aromatic N) is 2. The first-order valence-corrected chi connectivity index (χ1v) is 7.05. The molecule has 0 amide bonds. The zero-order valence-electron chi connectivity index (χ0n) is 11.4. The van der Waals surface area contributed by atoms with Gasteiger partial charge in [0.1, 0.15) is 6.07 Å². The number of likely N-dealkylation sites (tertiary alicyclic amines) is 1. The number of benzene rings is 1. The molecule has 0 spiro atoms. The van der Waals surface area contributed by atoms with E-state index in [0.29, 0.717) is 11.3 Å². The Morgan fingerprint density at radius 1 is 1.21 bits per heavy atom. The van der Waals surface area contributed by atoms with E-state index in [0.717, 1.165) is 18.8 Å². The summed E-state index contributed by atoms with van der Waals surface area (Å²) in [6.45, 7) is 4.40. The number of nitrogens with two attached hydrogens (primary N) is 1. The van der Waals surface area contributed by atoms with E-state index in [1.807, 2.05) is 12.1 Å². The van der Waals surface area contributed by atoms with Crippen molar-refractivity contribution in [2.75, 3.05) is 37.2 Å². The third-order valence-corrected chi connectivity index (χ3v) is 3.63. The highest BCUT2D eigenvalue weighted by molar-refractivity contribution is 5.61. The normalized spacial score (nSPS) is 16.6. The molecule has 0 saturated carbocycles. The molecule has 1 aromatic carbocycles. The Morgan fingerprint density at radius 2 is 1.95 bits per heavy atom. The van der Waals surface area contributed by atoms with Gasteiger partial charge in [-0.1, -0.05) is 12.8 Å². The maximum absolute atomic E-state index is 8.94. The van der Waals surface area contributed by atoms with E-state index in [-0.39, 0.29) is 0 Å². The van der Waals surface area contributed by atoms with Gasteiger partial charge in [0.2, 0.25) is 0 Å². The zero-order valence-corrected chi connectivity index (χ0v) is 11.4. The number of anilines is 2. The summed E-state index contributed by atoms with van der Waals surface area (Å²) >= 11 is 0. The van der Waals surface area contributed by atoms with E-state index >= 15 is 0 Å². The van der Waals surface area contributed by atoms with Crippen molar-refractivity contribution in [1.82, 2.24) is 4.90 Å². The molecule has 1 fully saturated rings. The molecule has 0 unspecified atom stereocenters. The van der Waals surface area contributed by atoms with E-state index in [2.05, 4.69) is 16.3 Å². The second-order valence-electron chi connectivity index (χ2n) is 5.10. The molecule has 1 heterocycles. The molecule has 0 aliphatic carbocycles. The Bertz CT molecular complexity index is 442. The molecular weight excluding hydrogens is 236 g/mol. The molecule has 0 radical (unpaired) electrons. The predicted molar refractivity (Wildman–Crippen MR) is 79.0 cm³/mol. The molecule has 0 atom stereocenters. The van der Waals surface area contributed by atoms with Gasteiger partial charge >= 0.3 is 0 Å². The second kappa shape index (κ2) is 7.01. The van der Waals surface area contributed by atoms with Crippen LogP contribution in [-0.4, -0.2) is 31.1 Å². The van der Waals surface area contributed by atoms with Crippen molar-refractivity contribution in [2.24, 2.45) is 0 Å². The highest BCUT2D eigenvalue weighted by atomic mass is 15.1. The highest BCUT2D eigenvalue weighted by Crippen LogP contribution is 2.16. The van der Waals surface area contributed by atoms with Crippen LogP contribution < -0.4 is 11.1 Å². The molecule has 1 aliphatic rings. The maximum atomic E-state index is 8.94. The van der Waals surface area contributed by atoms with Crippen molar-refractivity contribution in [3.8, 4) is 6.07 Å². The standard InChI is InChI=1S/C15H22N4/c16-12-13-11-14(5-6-15(13)17)18-7-10-19-8-3-1-2-4-9-19/h5-6,11,18H,1-4,7-10,17H2. The molecule has 0 bridgehead atoms. The van der Waals surface area contributed by atoms with Gasteiger partial charge < -0.3 is 16.0 Å². The Hall–Kier alpha value is -1.73. The Balaban J connectivity index is 1.80. The van der Waals surface area contributed by atoms with Gasteiger partial charge in [0.05, 0.1) is 5.56 Å². The van der Waals surface area contributed by atoms with E-state index < -0.39 is 0 Å². The van der Waals surface area contributed by atoms with Gasteiger partial charge in [0, 0.05) is 24.5 Å². The lowest BCUT2D eigenvalue weighted by Gasteiger charge is -2.20. The van der Waals surface area contributed by atoms with Crippen LogP contribution in [0.3, 0.4) is 0 Å². The van der Waals surface area contributed by atoms with Gasteiger partial charge in [0.15, 0.2) is 0 Å². The fourth-order valence-electron chi connectivity index (χ4n) is 2.48. The van der Waals surface area contributed by atoms with E-state index in [9.17, 15) is 0 Å². The van der Waals surface area contributed by atoms with Crippen LogP contribution in [0.25, 0.3) is 0 Å². The minimum Gasteiger partial charge on any atom is -0.398 e. The first kappa shape index (κ1) is 13.7. The van der Waals surface area contributed by atoms with Crippen LogP contribution in [0.15, 0.2) is 18.2 Å². The van der Waals surface area contributed by atoms with Crippen LogP contribution in [0.1, 0.15) is 31.2 Å². The van der Waals surface area contributed by atoms with Crippen molar-refractivity contribution in [1.29, 1.82) is 5.26 Å². The summed E-state index contributed by atoms with van der Waals surface area (Å²) in [5, 5.41) is 12.3. The first-order chi connectivity index (χ1) is 9.29. The predicted octanol–water partition coefficient (Wildman–Crippen LogP) is 2.43. The van der Waals surface area contributed by atoms with Crippen molar-refractivity contribution < 1.29 is 0 Å². The lowest BCUT2D eigenvalue weighted by molar-refractivity contribution is 0.296. The van der Waals surface area contributed by atoms with Crippen LogP contribution in [0.2, 0.25) is 0 Å². The number of nitriles is 1. The van der Waals surface area contributed by atoms with Crippen LogP contribution in [-0.2, 0) is 0 Å². The molecular formula is C15H22N4. The topological polar surface area (TPSA) is 65.1 Å². The summed E-state index contributed by atoms with van der Waals surface area (Å²) in [7, 11) is 0. The summed E-state index contributed by atoms with van der Waals surface area (Å²) in [6, 6.07) is 7.64. The average Bonchev–Trinajstić information content (AvgIpc) is 2.69. The van der Waals surface area contributed by atoms with Gasteiger partial charge in [-0.15, -0.1) is 0 Å². The largest absolute Gasteiger partial charge is 0.398 e. The average molecular weight is 258 g/mol. The Labute approximate surface area is 115 Å². The van der Waals surface area contributed by atoms with Crippen molar-refractivity contribution in [3.05, 3.63) is 23.8 Å². The minimum atomic E-state index is 0.541. The lowest BCUT2D eigenvalue weighted by atomic mass is 10.2. The molecule has 1 aromatic rings. The smallest absolute Gasteiger partial charge is 0.101 e. The second-order valence-corrected chi connectivity index (χ2v) is 5.10. The molecule has 0 aromatic heterocycles. The summed E-state index contributed by atoms with van der Waals surface area (Å²) in [5.74, 6) is 0. The summed E-state index contributed by atoms with van der Waals surface area (Å²) in [4.78, 5) is 2.52. The molecule has 19 heavy (non-hydrogen) atoms. The summed E-state index contributed by atoms with van der Waals surface area (Å²) in [6.07, 6.45) is 5.38. The zero-order chi connectivity index (χ0) is 13.5. The highest BCUT2D eigenvalue weighted by Gasteiger charge is 2.08. The van der Waals surface area contributed by atoms with Gasteiger partial charge in [0.25, 0.3) is 0 Å². The molecule has 1 aliphatic heterocycles. The molecule has 4 heteroatoms. The number of hydrogen-bond acceptors (Lipinski definition) is 4. The van der Waals surface area contributed by atoms with Gasteiger partial charge in [-0.05, 0) is 44.1 Å². The fraction of sp³-hybridized carbons (Fsp3) is 0.533. The molecule has 3 N–H and O–H groups in total. The monoisotopic (exact) mass is 258 g/mol. The fourth-order valence-corrected chi connectivity index (χ4v) is 2.48. The Kier molecular flexibility index (Phi) is 5.05. The third-order valence-electron chi connectivity index (χ3n) is 3.63. The number of rotatable bonds is 4. The van der Waals surface area contributed by atoms with Gasteiger partial charge in [-0.2, -0.15) is 5.26 Å². The van der Waals surface area contributed by atoms with E-state index in [4.69, 9.17) is 11.0 Å². The van der Waals surface area contributed by atoms with Crippen LogP contribution in [0, 0.1) is 11.3 Å². The van der Waals surface area contributed by atoms with Crippen molar-refractivity contribution in [2.45, 2.75) is 25.7 Å². The first-order valence-electron chi connectivity index (χ1n) is 7.05. The molecule has 4 nitrogen and oxygen atoms in total. The van der Waals surface area contributed by atoms with Crippen LogP contribution in [0.5, 0.6) is 0 Å². The van der Waals surface area contributed by atoms with Crippen LogP contribution in [0.4, 0.5) is 11.4 Å². The minimum absolute atomic E-state index is 0.541. The van der Waals surface area contributed by atoms with Crippen LogP contribution >= 0.6 is 0 Å². The van der Waals surface area contributed by atoms with Crippen molar-refractivity contribution >= 4 is 11.4 Å². The maximum Gasteiger partial charge on any atom is 0.101 e. The molecule has 1 saturated heterocycles. The van der Waals surface area contributed by atoms with Gasteiger partial charge in [-0.25, -0.2) is 0 Å². The number of nitrogen functional groups attached to an aromatic ring is 1. The summed E-state index contributed by atoms with van der Waals surface area (Å²) < 4.78 is 0. The van der Waals surface area contributed by atoms with E-state index in [1.54, 1.807) is 6.07 Å². The molecule has 102 valence electrons. The van der Waals surface area contributed by atoms with E-state index in [1.165, 1.54) is 38.8 Å². The van der Waals surface area contributed by atoms with Crippen molar-refractivity contribution in [3.63, 3.8) is 0 Å². The quantitative estimate of drug-likeness (QED) is 0.814. The Morgan fingerprint density at radius 3 is 2.63 bits per heavy atom. The summed E-state index contributed by atoms with van der Waals surface area (Å²) in [5.41, 5.74) is 7.76. The lowest BCUT2D eigenvalue weighted by Crippen LogP contribution is -2.29. The number of hydrogen-bond donors (Lipinski definition) is 2. The van der Waals surface area contributed by atoms with Gasteiger partial charge in [-0.3, -0.25) is 0 Å². The number of nitrogens with one attached hydrogen (secondary N) is 1. The third kappa shape index (κ3) is 4.15. The molecule has 2 rings (SSSR count). The SMILES string of the molecule is N#Cc1cc(NCCN2CCCCCC2)ccc1N.